The van der Waals surface area contributed by atoms with Gasteiger partial charge in [0.15, 0.2) is 5.92 Å². The largest absolute Gasteiger partial charge is 0.402 e. The van der Waals surface area contributed by atoms with Crippen LogP contribution in [0, 0.1) is 11.7 Å². The monoisotopic (exact) mass is 476 g/mol. The van der Waals surface area contributed by atoms with Crippen LogP contribution >= 0.6 is 0 Å². The van der Waals surface area contributed by atoms with Gasteiger partial charge in [0.05, 0.1) is 25.8 Å². The van der Waals surface area contributed by atoms with E-state index in [4.69, 9.17) is 4.74 Å². The molecule has 2 unspecified atom stereocenters. The van der Waals surface area contributed by atoms with Crippen molar-refractivity contribution in [1.29, 1.82) is 0 Å². The van der Waals surface area contributed by atoms with Crippen LogP contribution in [0.15, 0.2) is 18.3 Å². The molecule has 184 valence electrons. The standard InChI is InChI=1S/C20H28F4N6O3/c1-13(27-15-11-26-28-19(32)18(15)20(22,23)24)12-33-9-4-17(31)30-7-5-29(6-8-30)16-3-2-14(21)10-25-16/h2-3,10,13,15,18,26-27H,4-9,11-12H2,1H3,(H,28,32)/t13-,15?,18?/m0/s1. The van der Waals surface area contributed by atoms with Gasteiger partial charge >= 0.3 is 6.18 Å². The Kier molecular flexibility index (Phi) is 8.43. The van der Waals surface area contributed by atoms with Crippen LogP contribution in [0.1, 0.15) is 13.3 Å². The number of nitrogens with one attached hydrogen (secondary N) is 3. The third-order valence-corrected chi connectivity index (χ3v) is 5.57. The normalized spacial score (nSPS) is 22.8. The average Bonchev–Trinajstić information content (AvgIpc) is 2.76. The number of hydrogen-bond acceptors (Lipinski definition) is 7. The summed E-state index contributed by atoms with van der Waals surface area (Å²) in [5.41, 5.74) is 4.46. The fourth-order valence-electron chi connectivity index (χ4n) is 3.89. The van der Waals surface area contributed by atoms with Crippen molar-refractivity contribution in [2.75, 3.05) is 50.8 Å². The van der Waals surface area contributed by atoms with E-state index in [0.717, 1.165) is 6.20 Å². The summed E-state index contributed by atoms with van der Waals surface area (Å²) < 4.78 is 58.0. The van der Waals surface area contributed by atoms with Crippen LogP contribution in [0.3, 0.4) is 0 Å². The van der Waals surface area contributed by atoms with Gasteiger partial charge in [-0.1, -0.05) is 0 Å². The van der Waals surface area contributed by atoms with E-state index in [0.29, 0.717) is 32.0 Å². The lowest BCUT2D eigenvalue weighted by atomic mass is 9.96. The molecule has 3 heterocycles. The van der Waals surface area contributed by atoms with E-state index in [9.17, 15) is 27.2 Å². The molecule has 2 saturated heterocycles. The Balaban J connectivity index is 1.34. The van der Waals surface area contributed by atoms with Gasteiger partial charge in [0, 0.05) is 44.8 Å². The number of alkyl halides is 3. The first kappa shape index (κ1) is 25.1. The number of ether oxygens (including phenoxy) is 1. The van der Waals surface area contributed by atoms with Gasteiger partial charge < -0.3 is 19.9 Å². The third-order valence-electron chi connectivity index (χ3n) is 5.57. The van der Waals surface area contributed by atoms with Crippen molar-refractivity contribution in [3.05, 3.63) is 24.1 Å². The van der Waals surface area contributed by atoms with Gasteiger partial charge in [0.1, 0.15) is 11.6 Å². The Morgan fingerprint density at radius 3 is 2.67 bits per heavy atom. The second kappa shape index (κ2) is 11.1. The highest BCUT2D eigenvalue weighted by Crippen LogP contribution is 2.30. The van der Waals surface area contributed by atoms with E-state index in [-0.39, 0.29) is 32.1 Å². The van der Waals surface area contributed by atoms with Crippen molar-refractivity contribution in [3.8, 4) is 0 Å². The van der Waals surface area contributed by atoms with E-state index in [1.54, 1.807) is 17.9 Å². The van der Waals surface area contributed by atoms with Crippen LogP contribution in [0.5, 0.6) is 0 Å². The van der Waals surface area contributed by atoms with Gasteiger partial charge in [0.2, 0.25) is 11.8 Å². The van der Waals surface area contributed by atoms with Crippen molar-refractivity contribution in [2.45, 2.75) is 31.6 Å². The Hall–Kier alpha value is -2.51. The number of hydrogen-bond donors (Lipinski definition) is 3. The molecule has 1 aromatic rings. The maximum absolute atomic E-state index is 13.2. The van der Waals surface area contributed by atoms with E-state index in [2.05, 4.69) is 15.7 Å². The number of carbonyl (C=O) groups is 2. The lowest BCUT2D eigenvalue weighted by molar-refractivity contribution is -0.193. The molecular formula is C20H28F4N6O3. The molecule has 0 aliphatic carbocycles. The van der Waals surface area contributed by atoms with E-state index in [1.807, 2.05) is 10.3 Å². The first-order valence-corrected chi connectivity index (χ1v) is 10.7. The summed E-state index contributed by atoms with van der Waals surface area (Å²) in [7, 11) is 0. The minimum absolute atomic E-state index is 0.0713. The summed E-state index contributed by atoms with van der Waals surface area (Å²) in [6.45, 7) is 3.99. The minimum Gasteiger partial charge on any atom is -0.379 e. The molecule has 2 amide bonds. The number of piperazine rings is 1. The van der Waals surface area contributed by atoms with E-state index >= 15 is 0 Å². The van der Waals surface area contributed by atoms with Gasteiger partial charge in [-0.2, -0.15) is 13.2 Å². The quantitative estimate of drug-likeness (QED) is 0.370. The Morgan fingerprint density at radius 2 is 2.03 bits per heavy atom. The van der Waals surface area contributed by atoms with E-state index < -0.39 is 35.9 Å². The molecule has 33 heavy (non-hydrogen) atoms. The third kappa shape index (κ3) is 6.98. The molecule has 3 rings (SSSR count). The molecule has 3 atom stereocenters. The number of rotatable bonds is 8. The average molecular weight is 476 g/mol. The highest BCUT2D eigenvalue weighted by molar-refractivity contribution is 5.80. The van der Waals surface area contributed by atoms with Crippen molar-refractivity contribution in [3.63, 3.8) is 0 Å². The predicted octanol–water partition coefficient (Wildman–Crippen LogP) is 0.436. The number of amides is 2. The van der Waals surface area contributed by atoms with Gasteiger partial charge in [-0.3, -0.25) is 15.0 Å². The number of pyridine rings is 1. The molecule has 2 fully saturated rings. The Bertz CT molecular complexity index is 802. The summed E-state index contributed by atoms with van der Waals surface area (Å²) in [6.07, 6.45) is -3.35. The second-order valence-corrected chi connectivity index (χ2v) is 8.09. The van der Waals surface area contributed by atoms with E-state index in [1.165, 1.54) is 6.07 Å². The first-order chi connectivity index (χ1) is 15.6. The molecule has 3 N–H and O–H groups in total. The fourth-order valence-corrected chi connectivity index (χ4v) is 3.89. The lowest BCUT2D eigenvalue weighted by Crippen LogP contribution is -2.64. The smallest absolute Gasteiger partial charge is 0.379 e. The maximum atomic E-state index is 13.2. The van der Waals surface area contributed by atoms with Gasteiger partial charge in [-0.15, -0.1) is 0 Å². The summed E-state index contributed by atoms with van der Waals surface area (Å²) in [4.78, 5) is 31.7. The zero-order valence-electron chi connectivity index (χ0n) is 18.2. The number of carbonyl (C=O) groups excluding carboxylic acids is 2. The van der Waals surface area contributed by atoms with Crippen LogP contribution < -0.4 is 21.1 Å². The van der Waals surface area contributed by atoms with Gasteiger partial charge in [-0.25, -0.2) is 14.8 Å². The summed E-state index contributed by atoms with van der Waals surface area (Å²) >= 11 is 0. The topological polar surface area (TPSA) is 98.8 Å². The summed E-state index contributed by atoms with van der Waals surface area (Å²) in [6, 6.07) is 1.37. The number of hydrazine groups is 1. The molecular weight excluding hydrogens is 448 g/mol. The molecule has 0 saturated carbocycles. The number of nitrogens with zero attached hydrogens (tertiary/aromatic N) is 3. The van der Waals surface area contributed by atoms with Crippen molar-refractivity contribution >= 4 is 17.6 Å². The molecule has 0 spiro atoms. The second-order valence-electron chi connectivity index (χ2n) is 8.09. The highest BCUT2D eigenvalue weighted by Gasteiger charge is 2.51. The molecule has 1 aromatic heterocycles. The number of aromatic nitrogens is 1. The molecule has 2 aliphatic heterocycles. The fraction of sp³-hybridized carbons (Fsp3) is 0.650. The van der Waals surface area contributed by atoms with Crippen LogP contribution in [-0.4, -0.2) is 85.9 Å². The lowest BCUT2D eigenvalue weighted by Gasteiger charge is -2.35. The van der Waals surface area contributed by atoms with Crippen LogP contribution in [0.2, 0.25) is 0 Å². The van der Waals surface area contributed by atoms with Crippen LogP contribution in [-0.2, 0) is 14.3 Å². The molecule has 0 radical (unpaired) electrons. The van der Waals surface area contributed by atoms with Crippen molar-refractivity contribution in [1.82, 2.24) is 26.1 Å². The number of anilines is 1. The molecule has 0 aromatic carbocycles. The predicted molar refractivity (Wildman–Crippen MR) is 111 cm³/mol. The molecule has 2 aliphatic rings. The highest BCUT2D eigenvalue weighted by atomic mass is 19.4. The SMILES string of the molecule is C[C@@H](COCCC(=O)N1CCN(c2ccc(F)cn2)CC1)NC1CNNC(=O)C1C(F)(F)F. The van der Waals surface area contributed by atoms with Crippen LogP contribution in [0.4, 0.5) is 23.4 Å². The first-order valence-electron chi connectivity index (χ1n) is 10.7. The summed E-state index contributed by atoms with van der Waals surface area (Å²) in [5.74, 6) is -3.09. The minimum atomic E-state index is -4.66. The zero-order chi connectivity index (χ0) is 24.0. The van der Waals surface area contributed by atoms with Gasteiger partial charge in [-0.05, 0) is 19.1 Å². The summed E-state index contributed by atoms with van der Waals surface area (Å²) in [5, 5.41) is 2.78. The van der Waals surface area contributed by atoms with Crippen molar-refractivity contribution in [2.24, 2.45) is 5.92 Å². The van der Waals surface area contributed by atoms with Gasteiger partial charge in [0.25, 0.3) is 0 Å². The van der Waals surface area contributed by atoms with Crippen LogP contribution in [0.25, 0.3) is 0 Å². The number of halogens is 4. The molecule has 13 heteroatoms. The maximum Gasteiger partial charge on any atom is 0.402 e. The Morgan fingerprint density at radius 1 is 1.30 bits per heavy atom. The molecule has 9 nitrogen and oxygen atoms in total. The Labute approximate surface area is 188 Å². The zero-order valence-corrected chi connectivity index (χ0v) is 18.2. The molecule has 0 bridgehead atoms. The van der Waals surface area contributed by atoms with Crippen molar-refractivity contribution < 1.29 is 31.9 Å².